The van der Waals surface area contributed by atoms with Gasteiger partial charge in [-0.15, -0.1) is 0 Å². The highest BCUT2D eigenvalue weighted by molar-refractivity contribution is 7.89. The summed E-state index contributed by atoms with van der Waals surface area (Å²) in [6, 6.07) is 28.6. The zero-order valence-corrected chi connectivity index (χ0v) is 25.5. The minimum absolute atomic E-state index is 0.102. The number of hydrogen-bond donors (Lipinski definition) is 0. The van der Waals surface area contributed by atoms with Crippen molar-refractivity contribution in [1.29, 1.82) is 0 Å². The summed E-state index contributed by atoms with van der Waals surface area (Å²) in [6.45, 7) is 8.00. The zero-order chi connectivity index (χ0) is 30.2. The fraction of sp³-hybridized carbons (Fsp3) is 0.235. The molecule has 0 saturated carbocycles. The van der Waals surface area contributed by atoms with Crippen molar-refractivity contribution in [2.75, 3.05) is 14.2 Å². The number of ether oxygens (including phenoxy) is 1. The van der Waals surface area contributed by atoms with E-state index in [4.69, 9.17) is 9.72 Å². The Labute approximate surface area is 247 Å². The third-order valence-electron chi connectivity index (χ3n) is 7.67. The lowest BCUT2D eigenvalue weighted by molar-refractivity contribution is 0.379. The summed E-state index contributed by atoms with van der Waals surface area (Å²) in [5.41, 5.74) is 3.75. The second-order valence-corrected chi connectivity index (χ2v) is 13.4. The molecular weight excluding hydrogens is 546 g/mol. The summed E-state index contributed by atoms with van der Waals surface area (Å²) in [6.07, 6.45) is 0. The predicted octanol–water partition coefficient (Wildman–Crippen LogP) is 6.74. The average molecular weight is 582 g/mol. The summed E-state index contributed by atoms with van der Waals surface area (Å²) in [5.74, 6) is 1.10. The lowest BCUT2D eigenvalue weighted by atomic mass is 9.87. The maximum atomic E-state index is 13.9. The molecule has 0 amide bonds. The Kier molecular flexibility index (Phi) is 7.79. The Balaban J connectivity index is 1.58. The smallest absolute Gasteiger partial charge is 0.266 e. The molecule has 0 bridgehead atoms. The van der Waals surface area contributed by atoms with E-state index in [9.17, 15) is 13.2 Å². The van der Waals surface area contributed by atoms with E-state index in [1.54, 1.807) is 44.4 Å². The van der Waals surface area contributed by atoms with Crippen molar-refractivity contribution in [2.24, 2.45) is 0 Å². The molecule has 1 aromatic heterocycles. The highest BCUT2D eigenvalue weighted by Gasteiger charge is 2.30. The Morgan fingerprint density at radius 3 is 1.98 bits per heavy atom. The van der Waals surface area contributed by atoms with Gasteiger partial charge in [0.25, 0.3) is 5.56 Å². The van der Waals surface area contributed by atoms with Gasteiger partial charge in [-0.05, 0) is 77.6 Å². The van der Waals surface area contributed by atoms with Gasteiger partial charge in [-0.2, -0.15) is 4.31 Å². The van der Waals surface area contributed by atoms with Crippen LogP contribution in [0.5, 0.6) is 5.75 Å². The lowest BCUT2D eigenvalue weighted by Crippen LogP contribution is -2.35. The first-order valence-electron chi connectivity index (χ1n) is 13.8. The van der Waals surface area contributed by atoms with Crippen molar-refractivity contribution < 1.29 is 13.2 Å². The number of methoxy groups -OCH3 is 1. The van der Waals surface area contributed by atoms with Crippen molar-refractivity contribution in [3.63, 3.8) is 0 Å². The molecule has 1 heterocycles. The van der Waals surface area contributed by atoms with Crippen LogP contribution in [0, 0.1) is 0 Å². The molecule has 5 rings (SSSR count). The molecule has 0 aliphatic carbocycles. The number of rotatable bonds is 7. The molecule has 8 heteroatoms. The molecule has 1 atom stereocenters. The first kappa shape index (κ1) is 29.2. The van der Waals surface area contributed by atoms with E-state index in [2.05, 4.69) is 20.8 Å². The SMILES string of the molecule is COc1ccc(-c2ccc(-n3c(C(C)N(C)S(=O)(=O)c4ccc(C(C)(C)C)cc4)nc4ccccc4c3=O)cc2)cc1. The quantitative estimate of drug-likeness (QED) is 0.213. The van der Waals surface area contributed by atoms with Crippen molar-refractivity contribution in [2.45, 2.75) is 44.0 Å². The summed E-state index contributed by atoms with van der Waals surface area (Å²) in [5, 5.41) is 0.455. The first-order chi connectivity index (χ1) is 19.9. The number of sulfonamides is 1. The van der Waals surface area contributed by atoms with Crippen molar-refractivity contribution in [1.82, 2.24) is 13.9 Å². The number of nitrogens with zero attached hydrogens (tertiary/aromatic N) is 3. The Hall–Kier alpha value is -4.27. The maximum Gasteiger partial charge on any atom is 0.266 e. The highest BCUT2D eigenvalue weighted by Crippen LogP contribution is 2.30. The number of hydrogen-bond acceptors (Lipinski definition) is 5. The molecule has 0 fully saturated rings. The molecule has 7 nitrogen and oxygen atoms in total. The van der Waals surface area contributed by atoms with E-state index in [0.29, 0.717) is 22.4 Å². The molecule has 0 saturated heterocycles. The van der Waals surface area contributed by atoms with E-state index in [-0.39, 0.29) is 15.9 Å². The number of benzene rings is 4. The van der Waals surface area contributed by atoms with E-state index < -0.39 is 16.1 Å². The standard InChI is InChI=1S/C34H35N3O4S/c1-23(36(5)42(39,40)29-21-15-26(16-22-29)34(2,3)4)32-35-31-10-8-7-9-30(31)33(38)37(32)27-17-11-24(12-18-27)25-13-19-28(41-6)20-14-25/h7-23H,1-6H3. The fourth-order valence-electron chi connectivity index (χ4n) is 4.93. The molecule has 0 aliphatic heterocycles. The third kappa shape index (κ3) is 5.47. The number of para-hydroxylation sites is 1. The van der Waals surface area contributed by atoms with Crippen LogP contribution in [0.1, 0.15) is 45.1 Å². The van der Waals surface area contributed by atoms with Gasteiger partial charge in [-0.1, -0.05) is 69.3 Å². The van der Waals surface area contributed by atoms with Crippen LogP contribution >= 0.6 is 0 Å². The van der Waals surface area contributed by atoms with Crippen LogP contribution in [-0.4, -0.2) is 36.4 Å². The zero-order valence-electron chi connectivity index (χ0n) is 24.7. The van der Waals surface area contributed by atoms with Crippen molar-refractivity contribution in [3.8, 4) is 22.6 Å². The summed E-state index contributed by atoms with van der Waals surface area (Å²) >= 11 is 0. The number of aromatic nitrogens is 2. The van der Waals surface area contributed by atoms with E-state index >= 15 is 0 Å². The summed E-state index contributed by atoms with van der Waals surface area (Å²) in [7, 11) is -0.743. The van der Waals surface area contributed by atoms with Gasteiger partial charge in [-0.25, -0.2) is 13.4 Å². The second kappa shape index (κ2) is 11.2. The highest BCUT2D eigenvalue weighted by atomic mass is 32.2. The Bertz CT molecular complexity index is 1890. The van der Waals surface area contributed by atoms with Gasteiger partial charge in [0.1, 0.15) is 11.6 Å². The van der Waals surface area contributed by atoms with E-state index in [1.165, 1.54) is 15.9 Å². The molecular formula is C34H35N3O4S. The van der Waals surface area contributed by atoms with Crippen LogP contribution in [0.15, 0.2) is 107 Å². The van der Waals surface area contributed by atoms with Crippen LogP contribution in [0.2, 0.25) is 0 Å². The van der Waals surface area contributed by atoms with E-state index in [1.807, 2.05) is 66.7 Å². The third-order valence-corrected chi connectivity index (χ3v) is 9.61. The van der Waals surface area contributed by atoms with Crippen LogP contribution in [-0.2, 0) is 15.4 Å². The normalized spacial score (nSPS) is 12.9. The number of fused-ring (bicyclic) bond motifs is 1. The summed E-state index contributed by atoms with van der Waals surface area (Å²) in [4.78, 5) is 18.9. The minimum Gasteiger partial charge on any atom is -0.497 e. The van der Waals surface area contributed by atoms with Gasteiger partial charge < -0.3 is 4.74 Å². The second-order valence-electron chi connectivity index (χ2n) is 11.4. The van der Waals surface area contributed by atoms with Crippen LogP contribution in [0.25, 0.3) is 27.7 Å². The van der Waals surface area contributed by atoms with Crippen LogP contribution in [0.3, 0.4) is 0 Å². The molecule has 42 heavy (non-hydrogen) atoms. The molecule has 5 aromatic rings. The molecule has 1 unspecified atom stereocenters. The van der Waals surface area contributed by atoms with Crippen LogP contribution in [0.4, 0.5) is 0 Å². The van der Waals surface area contributed by atoms with Gasteiger partial charge in [0.05, 0.1) is 34.6 Å². The van der Waals surface area contributed by atoms with Gasteiger partial charge in [0.15, 0.2) is 0 Å². The van der Waals surface area contributed by atoms with Crippen molar-refractivity contribution in [3.05, 3.63) is 119 Å². The molecule has 0 aliphatic rings. The van der Waals surface area contributed by atoms with E-state index in [0.717, 1.165) is 22.4 Å². The fourth-order valence-corrected chi connectivity index (χ4v) is 6.25. The largest absolute Gasteiger partial charge is 0.497 e. The average Bonchev–Trinajstić information content (AvgIpc) is 3.00. The van der Waals surface area contributed by atoms with Gasteiger partial charge >= 0.3 is 0 Å². The topological polar surface area (TPSA) is 81.5 Å². The lowest BCUT2D eigenvalue weighted by Gasteiger charge is -2.27. The molecule has 216 valence electrons. The van der Waals surface area contributed by atoms with Crippen LogP contribution < -0.4 is 10.3 Å². The molecule has 4 aromatic carbocycles. The maximum absolute atomic E-state index is 13.9. The Morgan fingerprint density at radius 1 is 0.833 bits per heavy atom. The molecule has 0 spiro atoms. The van der Waals surface area contributed by atoms with Gasteiger partial charge in [0, 0.05) is 7.05 Å². The molecule has 0 radical (unpaired) electrons. The predicted molar refractivity (Wildman–Crippen MR) is 168 cm³/mol. The monoisotopic (exact) mass is 581 g/mol. The molecule has 0 N–H and O–H groups in total. The summed E-state index contributed by atoms with van der Waals surface area (Å²) < 4.78 is 35.6. The van der Waals surface area contributed by atoms with Gasteiger partial charge in [-0.3, -0.25) is 9.36 Å². The Morgan fingerprint density at radius 2 is 1.40 bits per heavy atom. The minimum atomic E-state index is -3.89. The van der Waals surface area contributed by atoms with Gasteiger partial charge in [0.2, 0.25) is 10.0 Å². The first-order valence-corrected chi connectivity index (χ1v) is 15.2. The van der Waals surface area contributed by atoms with Crippen molar-refractivity contribution >= 4 is 20.9 Å².